The van der Waals surface area contributed by atoms with Crippen molar-refractivity contribution in [3.8, 4) is 0 Å². The number of halogens is 3. The van der Waals surface area contributed by atoms with Gasteiger partial charge in [0.1, 0.15) is 5.82 Å². The average molecular weight is 390 g/mol. The van der Waals surface area contributed by atoms with Crippen LogP contribution < -0.4 is 5.69 Å². The predicted molar refractivity (Wildman–Crippen MR) is 78.9 cm³/mol. The van der Waals surface area contributed by atoms with Crippen LogP contribution in [0, 0.1) is 19.7 Å². The second-order valence-electron chi connectivity index (χ2n) is 4.24. The van der Waals surface area contributed by atoms with Crippen LogP contribution in [0.3, 0.4) is 0 Å². The van der Waals surface area contributed by atoms with Gasteiger partial charge in [-0.05, 0) is 53.5 Å². The van der Waals surface area contributed by atoms with E-state index in [0.29, 0.717) is 15.7 Å². The van der Waals surface area contributed by atoms with Gasteiger partial charge in [0.25, 0.3) is 0 Å². The molecular formula is C13H11Br2FN2O. The third-order valence-corrected chi connectivity index (χ3v) is 4.40. The normalized spacial score (nSPS) is 10.8. The summed E-state index contributed by atoms with van der Waals surface area (Å²) in [5.74, 6) is -0.339. The molecule has 1 heterocycles. The first kappa shape index (κ1) is 14.4. The molecule has 0 fully saturated rings. The Labute approximate surface area is 126 Å². The maximum atomic E-state index is 13.3. The number of benzene rings is 1. The van der Waals surface area contributed by atoms with Gasteiger partial charge in [-0.2, -0.15) is 4.98 Å². The first-order valence-corrected chi connectivity index (χ1v) is 7.15. The van der Waals surface area contributed by atoms with Gasteiger partial charge in [0.15, 0.2) is 0 Å². The lowest BCUT2D eigenvalue weighted by molar-refractivity contribution is 0.619. The summed E-state index contributed by atoms with van der Waals surface area (Å²) < 4.78 is 16.3. The van der Waals surface area contributed by atoms with Crippen LogP contribution in [0.2, 0.25) is 0 Å². The number of hydrogen-bond acceptors (Lipinski definition) is 2. The molecule has 19 heavy (non-hydrogen) atoms. The van der Waals surface area contributed by atoms with E-state index < -0.39 is 0 Å². The Morgan fingerprint density at radius 2 is 1.95 bits per heavy atom. The van der Waals surface area contributed by atoms with Crippen molar-refractivity contribution in [1.29, 1.82) is 0 Å². The summed E-state index contributed by atoms with van der Waals surface area (Å²) in [5.41, 5.74) is 1.80. The Hall–Kier alpha value is -1.01. The highest BCUT2D eigenvalue weighted by molar-refractivity contribution is 9.10. The quantitative estimate of drug-likeness (QED) is 0.786. The third kappa shape index (κ3) is 3.12. The molecule has 1 aromatic heterocycles. The van der Waals surface area contributed by atoms with E-state index in [4.69, 9.17) is 0 Å². The minimum atomic E-state index is -0.339. The van der Waals surface area contributed by atoms with E-state index in [2.05, 4.69) is 36.8 Å². The lowest BCUT2D eigenvalue weighted by Gasteiger charge is -2.12. The molecule has 1 aromatic carbocycles. The van der Waals surface area contributed by atoms with E-state index in [0.717, 1.165) is 10.2 Å². The highest BCUT2D eigenvalue weighted by Gasteiger charge is 2.10. The lowest BCUT2D eigenvalue weighted by atomic mass is 10.2. The molecule has 0 saturated carbocycles. The van der Waals surface area contributed by atoms with Crippen molar-refractivity contribution in [2.75, 3.05) is 0 Å². The highest BCUT2D eigenvalue weighted by atomic mass is 79.9. The van der Waals surface area contributed by atoms with Crippen LogP contribution in [-0.4, -0.2) is 9.55 Å². The number of hydrogen-bond donors (Lipinski definition) is 0. The van der Waals surface area contributed by atoms with Crippen LogP contribution in [-0.2, 0) is 6.54 Å². The molecule has 6 heteroatoms. The summed E-state index contributed by atoms with van der Waals surface area (Å²) >= 11 is 6.64. The minimum Gasteiger partial charge on any atom is -0.291 e. The first-order chi connectivity index (χ1) is 8.88. The molecule has 3 nitrogen and oxygen atoms in total. The standard InChI is InChI=1S/C13H11Br2FN2O/c1-7-12(15)8(2)18(13(19)17-7)6-9-3-10(14)5-11(16)4-9/h3-5H,6H2,1-2H3. The summed E-state index contributed by atoms with van der Waals surface area (Å²) in [7, 11) is 0. The average Bonchev–Trinajstić information content (AvgIpc) is 2.31. The summed E-state index contributed by atoms with van der Waals surface area (Å²) in [5, 5.41) is 0. The fourth-order valence-corrected chi connectivity index (χ4v) is 2.66. The van der Waals surface area contributed by atoms with Gasteiger partial charge in [0, 0.05) is 10.2 Å². The van der Waals surface area contributed by atoms with Crippen molar-refractivity contribution < 1.29 is 4.39 Å². The second kappa shape index (κ2) is 5.54. The first-order valence-electron chi connectivity index (χ1n) is 5.57. The zero-order chi connectivity index (χ0) is 14.2. The monoisotopic (exact) mass is 388 g/mol. The van der Waals surface area contributed by atoms with Crippen LogP contribution in [0.25, 0.3) is 0 Å². The van der Waals surface area contributed by atoms with E-state index in [1.807, 2.05) is 6.92 Å². The molecule has 0 spiro atoms. The van der Waals surface area contributed by atoms with E-state index in [-0.39, 0.29) is 18.1 Å². The molecular weight excluding hydrogens is 379 g/mol. The fraction of sp³-hybridized carbons (Fsp3) is 0.231. The molecule has 2 rings (SSSR count). The molecule has 0 N–H and O–H groups in total. The van der Waals surface area contributed by atoms with E-state index in [1.54, 1.807) is 13.0 Å². The molecule has 0 aliphatic carbocycles. The van der Waals surface area contributed by atoms with E-state index in [9.17, 15) is 9.18 Å². The summed E-state index contributed by atoms with van der Waals surface area (Å²) in [6, 6.07) is 4.57. The van der Waals surface area contributed by atoms with Crippen molar-refractivity contribution in [1.82, 2.24) is 9.55 Å². The van der Waals surface area contributed by atoms with Crippen LogP contribution in [0.4, 0.5) is 4.39 Å². The Morgan fingerprint density at radius 3 is 2.58 bits per heavy atom. The minimum absolute atomic E-state index is 0.285. The molecule has 100 valence electrons. The zero-order valence-corrected chi connectivity index (χ0v) is 13.5. The molecule has 0 aliphatic rings. The maximum Gasteiger partial charge on any atom is 0.348 e. The Balaban J connectivity index is 2.49. The SMILES string of the molecule is Cc1nc(=O)n(Cc2cc(F)cc(Br)c2)c(C)c1Br. The fourth-order valence-electron chi connectivity index (χ4n) is 1.85. The number of aryl methyl sites for hydroxylation is 1. The van der Waals surface area contributed by atoms with Crippen molar-refractivity contribution in [2.45, 2.75) is 20.4 Å². The zero-order valence-electron chi connectivity index (χ0n) is 10.4. The van der Waals surface area contributed by atoms with Crippen molar-refractivity contribution in [2.24, 2.45) is 0 Å². The number of aromatic nitrogens is 2. The van der Waals surface area contributed by atoms with Gasteiger partial charge in [0.05, 0.1) is 16.7 Å². The maximum absolute atomic E-state index is 13.3. The van der Waals surface area contributed by atoms with Crippen LogP contribution >= 0.6 is 31.9 Å². The number of rotatable bonds is 2. The van der Waals surface area contributed by atoms with Gasteiger partial charge in [-0.3, -0.25) is 4.57 Å². The molecule has 0 amide bonds. The van der Waals surface area contributed by atoms with Crippen LogP contribution in [0.1, 0.15) is 17.0 Å². The van der Waals surface area contributed by atoms with E-state index >= 15 is 0 Å². The molecule has 0 aliphatic heterocycles. The Bertz CT molecular complexity index is 678. The summed E-state index contributed by atoms with van der Waals surface area (Å²) in [6.45, 7) is 3.88. The lowest BCUT2D eigenvalue weighted by Crippen LogP contribution is -2.27. The van der Waals surface area contributed by atoms with Gasteiger partial charge in [-0.1, -0.05) is 15.9 Å². The van der Waals surface area contributed by atoms with Crippen LogP contribution in [0.5, 0.6) is 0 Å². The summed E-state index contributed by atoms with van der Waals surface area (Å²) in [4.78, 5) is 15.8. The van der Waals surface area contributed by atoms with Crippen molar-refractivity contribution >= 4 is 31.9 Å². The molecule has 0 bridgehead atoms. The second-order valence-corrected chi connectivity index (χ2v) is 5.95. The molecule has 0 saturated heterocycles. The summed E-state index contributed by atoms with van der Waals surface area (Å²) in [6.07, 6.45) is 0. The van der Waals surface area contributed by atoms with Crippen molar-refractivity contribution in [3.63, 3.8) is 0 Å². The van der Waals surface area contributed by atoms with Gasteiger partial charge in [0.2, 0.25) is 0 Å². The number of nitrogens with zero attached hydrogens (tertiary/aromatic N) is 2. The Kier molecular flexibility index (Phi) is 4.20. The smallest absolute Gasteiger partial charge is 0.291 e. The Morgan fingerprint density at radius 1 is 1.26 bits per heavy atom. The van der Waals surface area contributed by atoms with Gasteiger partial charge >= 0.3 is 5.69 Å². The van der Waals surface area contributed by atoms with E-state index in [1.165, 1.54) is 16.7 Å². The molecule has 0 unspecified atom stereocenters. The predicted octanol–water partition coefficient (Wildman–Crippen LogP) is 3.57. The molecule has 0 radical (unpaired) electrons. The topological polar surface area (TPSA) is 34.9 Å². The largest absolute Gasteiger partial charge is 0.348 e. The van der Waals surface area contributed by atoms with Crippen molar-refractivity contribution in [3.05, 3.63) is 60.4 Å². The molecule has 0 atom stereocenters. The van der Waals surface area contributed by atoms with Gasteiger partial charge in [-0.25, -0.2) is 9.18 Å². The molecule has 2 aromatic rings. The third-order valence-electron chi connectivity index (χ3n) is 2.80. The van der Waals surface area contributed by atoms with Crippen LogP contribution in [0.15, 0.2) is 31.9 Å². The highest BCUT2D eigenvalue weighted by Crippen LogP contribution is 2.19. The van der Waals surface area contributed by atoms with Gasteiger partial charge in [-0.15, -0.1) is 0 Å². The van der Waals surface area contributed by atoms with Gasteiger partial charge < -0.3 is 0 Å².